The van der Waals surface area contributed by atoms with Crippen LogP contribution in [0.5, 0.6) is 0 Å². The molecule has 0 saturated carbocycles. The molecule has 102 valence electrons. The Morgan fingerprint density at radius 1 is 1.53 bits per heavy atom. The molecule has 2 aromatic rings. The quantitative estimate of drug-likeness (QED) is 0.660. The van der Waals surface area contributed by atoms with Gasteiger partial charge in [-0.3, -0.25) is 10.1 Å². The van der Waals surface area contributed by atoms with E-state index in [0.717, 1.165) is 0 Å². The van der Waals surface area contributed by atoms with Crippen LogP contribution in [0.4, 0.5) is 11.7 Å². The van der Waals surface area contributed by atoms with Gasteiger partial charge in [0.2, 0.25) is 0 Å². The largest absolute Gasteiger partial charge is 0.423 e. The van der Waals surface area contributed by atoms with Crippen molar-refractivity contribution in [1.82, 2.24) is 4.98 Å². The van der Waals surface area contributed by atoms with Crippen LogP contribution in [0.3, 0.4) is 0 Å². The molecule has 0 spiro atoms. The minimum atomic E-state index is -0.469. The number of rotatable bonds is 5. The number of nitrogens with zero attached hydrogens (tertiary/aromatic N) is 2. The highest BCUT2D eigenvalue weighted by Crippen LogP contribution is 2.24. The van der Waals surface area contributed by atoms with Gasteiger partial charge in [0.05, 0.1) is 16.6 Å². The Balaban J connectivity index is 2.20. The van der Waals surface area contributed by atoms with E-state index < -0.39 is 4.92 Å². The van der Waals surface area contributed by atoms with Gasteiger partial charge < -0.3 is 14.5 Å². The predicted octanol–water partition coefficient (Wildman–Crippen LogP) is 2.57. The van der Waals surface area contributed by atoms with Crippen LogP contribution in [0.15, 0.2) is 22.6 Å². The van der Waals surface area contributed by atoms with Gasteiger partial charge in [0, 0.05) is 19.7 Å². The Labute approximate surface area is 109 Å². The first kappa shape index (κ1) is 13.3. The summed E-state index contributed by atoms with van der Waals surface area (Å²) in [6.45, 7) is 4.36. The molecule has 0 unspecified atom stereocenters. The molecule has 0 bridgehead atoms. The van der Waals surface area contributed by atoms with Crippen LogP contribution >= 0.6 is 0 Å². The van der Waals surface area contributed by atoms with E-state index in [1.54, 1.807) is 13.2 Å². The Bertz CT molecular complexity index is 606. The fraction of sp³-hybridized carbons (Fsp3) is 0.417. The number of anilines is 1. The highest BCUT2D eigenvalue weighted by molar-refractivity contribution is 5.77. The van der Waals surface area contributed by atoms with Crippen molar-refractivity contribution in [2.75, 3.05) is 19.0 Å². The molecule has 0 amide bonds. The lowest BCUT2D eigenvalue weighted by Gasteiger charge is -2.22. The van der Waals surface area contributed by atoms with Crippen LogP contribution in [0.25, 0.3) is 11.1 Å². The number of benzene rings is 1. The maximum Gasteiger partial charge on any atom is 0.295 e. The molecule has 0 aliphatic rings. The molecule has 7 nitrogen and oxygen atoms in total. The lowest BCUT2D eigenvalue weighted by molar-refractivity contribution is -0.384. The number of nitro benzene ring substituents is 1. The van der Waals surface area contributed by atoms with Crippen molar-refractivity contribution in [2.45, 2.75) is 19.4 Å². The number of hydrogen-bond donors (Lipinski definition) is 1. The minimum absolute atomic E-state index is 0.0209. The fourth-order valence-electron chi connectivity index (χ4n) is 1.46. The molecule has 0 saturated heterocycles. The van der Waals surface area contributed by atoms with Crippen molar-refractivity contribution >= 4 is 22.8 Å². The zero-order valence-electron chi connectivity index (χ0n) is 11.0. The molecule has 1 heterocycles. The summed E-state index contributed by atoms with van der Waals surface area (Å²) < 4.78 is 10.7. The average molecular weight is 265 g/mol. The zero-order chi connectivity index (χ0) is 14.0. The van der Waals surface area contributed by atoms with Crippen LogP contribution in [-0.4, -0.2) is 29.2 Å². The molecule has 0 radical (unpaired) electrons. The van der Waals surface area contributed by atoms with Gasteiger partial charge in [0.15, 0.2) is 5.58 Å². The number of aromatic nitrogens is 1. The third-order valence-electron chi connectivity index (χ3n) is 2.80. The van der Waals surface area contributed by atoms with Crippen LogP contribution in [0.1, 0.15) is 13.8 Å². The average Bonchev–Trinajstić information content (AvgIpc) is 2.78. The minimum Gasteiger partial charge on any atom is -0.423 e. The molecule has 1 aromatic heterocycles. The van der Waals surface area contributed by atoms with Crippen molar-refractivity contribution in [2.24, 2.45) is 0 Å². The van der Waals surface area contributed by atoms with E-state index in [4.69, 9.17) is 9.15 Å². The van der Waals surface area contributed by atoms with Crippen LogP contribution < -0.4 is 5.32 Å². The van der Waals surface area contributed by atoms with Crippen molar-refractivity contribution in [1.29, 1.82) is 0 Å². The van der Waals surface area contributed by atoms with E-state index in [9.17, 15) is 10.1 Å². The molecule has 1 N–H and O–H groups in total. The second-order valence-electron chi connectivity index (χ2n) is 4.75. The first-order chi connectivity index (χ1) is 8.91. The lowest BCUT2D eigenvalue weighted by atomic mass is 10.1. The maximum atomic E-state index is 10.7. The third-order valence-corrected chi connectivity index (χ3v) is 2.80. The van der Waals surface area contributed by atoms with Gasteiger partial charge in [-0.05, 0) is 19.9 Å². The molecule has 19 heavy (non-hydrogen) atoms. The van der Waals surface area contributed by atoms with Crippen LogP contribution in [0, 0.1) is 10.1 Å². The summed E-state index contributed by atoms with van der Waals surface area (Å²) in [5.74, 6) is 0. The van der Waals surface area contributed by atoms with Gasteiger partial charge in [0.1, 0.15) is 5.52 Å². The standard InChI is InChI=1S/C12H15N3O4/c1-12(2,18-3)7-13-11-14-9-5-4-8(15(16)17)6-10(9)19-11/h4-6H,7H2,1-3H3,(H,13,14). The van der Waals surface area contributed by atoms with Crippen LogP contribution in [-0.2, 0) is 4.74 Å². The van der Waals surface area contributed by atoms with Crippen molar-refractivity contribution in [3.05, 3.63) is 28.3 Å². The van der Waals surface area contributed by atoms with E-state index in [1.807, 2.05) is 13.8 Å². The molecule has 1 aromatic carbocycles. The second-order valence-corrected chi connectivity index (χ2v) is 4.75. The molecular weight excluding hydrogens is 250 g/mol. The molecule has 7 heteroatoms. The van der Waals surface area contributed by atoms with Gasteiger partial charge in [-0.2, -0.15) is 4.98 Å². The highest BCUT2D eigenvalue weighted by Gasteiger charge is 2.18. The number of ether oxygens (including phenoxy) is 1. The van der Waals surface area contributed by atoms with Crippen molar-refractivity contribution < 1.29 is 14.1 Å². The molecule has 2 rings (SSSR count). The van der Waals surface area contributed by atoms with Crippen LogP contribution in [0.2, 0.25) is 0 Å². The van der Waals surface area contributed by atoms with Gasteiger partial charge in [0.25, 0.3) is 11.7 Å². The normalized spacial score (nSPS) is 11.7. The number of fused-ring (bicyclic) bond motifs is 1. The van der Waals surface area contributed by atoms with E-state index in [-0.39, 0.29) is 11.3 Å². The number of nitrogens with one attached hydrogen (secondary N) is 1. The van der Waals surface area contributed by atoms with Gasteiger partial charge >= 0.3 is 0 Å². The Morgan fingerprint density at radius 2 is 2.26 bits per heavy atom. The number of oxazole rings is 1. The van der Waals surface area contributed by atoms with Crippen molar-refractivity contribution in [3.63, 3.8) is 0 Å². The molecule has 0 atom stereocenters. The lowest BCUT2D eigenvalue weighted by Crippen LogP contribution is -2.32. The second kappa shape index (κ2) is 4.85. The van der Waals surface area contributed by atoms with E-state index in [2.05, 4.69) is 10.3 Å². The smallest absolute Gasteiger partial charge is 0.295 e. The number of hydrogen-bond acceptors (Lipinski definition) is 6. The molecule has 0 aliphatic carbocycles. The third kappa shape index (κ3) is 3.00. The van der Waals surface area contributed by atoms with Gasteiger partial charge in [-0.25, -0.2) is 0 Å². The highest BCUT2D eigenvalue weighted by atomic mass is 16.6. The number of non-ortho nitro benzene ring substituents is 1. The number of methoxy groups -OCH3 is 1. The summed E-state index contributed by atoms with van der Waals surface area (Å²) in [5.41, 5.74) is 0.579. The Hall–Kier alpha value is -2.15. The number of nitro groups is 1. The summed E-state index contributed by atoms with van der Waals surface area (Å²) in [7, 11) is 1.62. The summed E-state index contributed by atoms with van der Waals surface area (Å²) in [6.07, 6.45) is 0. The molecule has 0 fully saturated rings. The SMILES string of the molecule is COC(C)(C)CNc1nc2ccc([N+](=O)[O-])cc2o1. The first-order valence-electron chi connectivity index (χ1n) is 5.75. The predicted molar refractivity (Wildman–Crippen MR) is 70.2 cm³/mol. The topological polar surface area (TPSA) is 90.4 Å². The Morgan fingerprint density at radius 3 is 2.89 bits per heavy atom. The van der Waals surface area contributed by atoms with Crippen molar-refractivity contribution in [3.8, 4) is 0 Å². The first-order valence-corrected chi connectivity index (χ1v) is 5.75. The zero-order valence-corrected chi connectivity index (χ0v) is 11.0. The summed E-state index contributed by atoms with van der Waals surface area (Å²) >= 11 is 0. The van der Waals surface area contributed by atoms with Gasteiger partial charge in [-0.1, -0.05) is 0 Å². The summed E-state index contributed by atoms with van der Waals surface area (Å²) in [4.78, 5) is 14.4. The Kier molecular flexibility index (Phi) is 3.39. The monoisotopic (exact) mass is 265 g/mol. The molecular formula is C12H15N3O4. The summed E-state index contributed by atoms with van der Waals surface area (Å²) in [6, 6.07) is 4.63. The molecule has 0 aliphatic heterocycles. The van der Waals surface area contributed by atoms with E-state index in [0.29, 0.717) is 23.7 Å². The summed E-state index contributed by atoms with van der Waals surface area (Å²) in [5, 5.41) is 13.7. The van der Waals surface area contributed by atoms with E-state index >= 15 is 0 Å². The van der Waals surface area contributed by atoms with Gasteiger partial charge in [-0.15, -0.1) is 0 Å². The fourth-order valence-corrected chi connectivity index (χ4v) is 1.46. The maximum absolute atomic E-state index is 10.7. The van der Waals surface area contributed by atoms with E-state index in [1.165, 1.54) is 12.1 Å².